The van der Waals surface area contributed by atoms with Crippen molar-refractivity contribution in [3.63, 3.8) is 0 Å². The number of unbranched alkanes of at least 4 members (excludes halogenated alkanes) is 1. The second-order valence-electron chi connectivity index (χ2n) is 3.52. The minimum atomic E-state index is -2.79. The lowest BCUT2D eigenvalue weighted by Crippen LogP contribution is -2.02. The van der Waals surface area contributed by atoms with E-state index in [0.717, 1.165) is 6.07 Å². The van der Waals surface area contributed by atoms with Gasteiger partial charge in [-0.2, -0.15) is 0 Å². The molecule has 1 nitrogen and oxygen atoms in total. The van der Waals surface area contributed by atoms with E-state index in [1.807, 2.05) is 0 Å². The predicted octanol–water partition coefficient (Wildman–Crippen LogP) is 3.18. The lowest BCUT2D eigenvalue weighted by Gasteiger charge is -2.07. The molecule has 0 aliphatic heterocycles. The first-order chi connectivity index (χ1) is 7.56. The van der Waals surface area contributed by atoms with Gasteiger partial charge < -0.3 is 5.73 Å². The van der Waals surface area contributed by atoms with Crippen molar-refractivity contribution in [3.8, 4) is 0 Å². The average Bonchev–Trinajstić information content (AvgIpc) is 2.24. The van der Waals surface area contributed by atoms with Crippen LogP contribution < -0.4 is 5.73 Å². The highest BCUT2D eigenvalue weighted by molar-refractivity contribution is 5.27. The van der Waals surface area contributed by atoms with Crippen LogP contribution in [0.3, 0.4) is 0 Å². The molecule has 1 aromatic rings. The van der Waals surface area contributed by atoms with E-state index in [1.165, 1.54) is 0 Å². The van der Waals surface area contributed by atoms with Crippen LogP contribution in [0.2, 0.25) is 0 Å². The van der Waals surface area contributed by atoms with Gasteiger partial charge in [0.25, 0.3) is 6.43 Å². The Labute approximate surface area is 91.3 Å². The minimum Gasteiger partial charge on any atom is -0.330 e. The van der Waals surface area contributed by atoms with E-state index in [1.54, 1.807) is 0 Å². The Balaban J connectivity index is 2.88. The molecule has 0 bridgehead atoms. The van der Waals surface area contributed by atoms with Gasteiger partial charge in [-0.25, -0.2) is 17.6 Å². The molecule has 0 radical (unpaired) electrons. The summed E-state index contributed by atoms with van der Waals surface area (Å²) in [5.74, 6) is -2.26. The molecule has 0 unspecified atom stereocenters. The monoisotopic (exact) mass is 235 g/mol. The molecule has 0 atom stereocenters. The largest absolute Gasteiger partial charge is 0.330 e. The number of aryl methyl sites for hydroxylation is 1. The van der Waals surface area contributed by atoms with Crippen LogP contribution in [0.4, 0.5) is 17.6 Å². The maximum Gasteiger partial charge on any atom is 0.263 e. The first-order valence-corrected chi connectivity index (χ1v) is 5.02. The fraction of sp³-hybridized carbons (Fsp3) is 0.455. The summed E-state index contributed by atoms with van der Waals surface area (Å²) in [4.78, 5) is 0. The van der Waals surface area contributed by atoms with Crippen molar-refractivity contribution in [2.45, 2.75) is 25.7 Å². The van der Waals surface area contributed by atoms with E-state index in [2.05, 4.69) is 0 Å². The van der Waals surface area contributed by atoms with Crippen molar-refractivity contribution in [2.24, 2.45) is 5.73 Å². The van der Waals surface area contributed by atoms with E-state index >= 15 is 0 Å². The number of nitrogens with two attached hydrogens (primary N) is 1. The Kier molecular flexibility index (Phi) is 4.73. The Morgan fingerprint density at radius 3 is 2.38 bits per heavy atom. The molecule has 0 aliphatic rings. The number of alkyl halides is 2. The SMILES string of the molecule is NCCCCc1cc(C(F)F)cc(F)c1F. The van der Waals surface area contributed by atoms with E-state index in [-0.39, 0.29) is 12.0 Å². The quantitative estimate of drug-likeness (QED) is 0.615. The van der Waals surface area contributed by atoms with Crippen LogP contribution in [0.25, 0.3) is 0 Å². The summed E-state index contributed by atoms with van der Waals surface area (Å²) in [6, 6.07) is 1.55. The van der Waals surface area contributed by atoms with Crippen molar-refractivity contribution < 1.29 is 17.6 Å². The third kappa shape index (κ3) is 3.20. The van der Waals surface area contributed by atoms with Crippen molar-refractivity contribution in [3.05, 3.63) is 34.9 Å². The zero-order valence-electron chi connectivity index (χ0n) is 8.65. The van der Waals surface area contributed by atoms with Gasteiger partial charge in [0, 0.05) is 5.56 Å². The van der Waals surface area contributed by atoms with Crippen LogP contribution >= 0.6 is 0 Å². The fourth-order valence-electron chi connectivity index (χ4n) is 1.44. The number of rotatable bonds is 5. The van der Waals surface area contributed by atoms with Gasteiger partial charge in [0.1, 0.15) is 0 Å². The molecule has 5 heteroatoms. The summed E-state index contributed by atoms with van der Waals surface area (Å²) in [5.41, 5.74) is 4.76. The van der Waals surface area contributed by atoms with Gasteiger partial charge in [-0.15, -0.1) is 0 Å². The molecule has 16 heavy (non-hydrogen) atoms. The first-order valence-electron chi connectivity index (χ1n) is 5.02. The van der Waals surface area contributed by atoms with Crippen LogP contribution in [-0.4, -0.2) is 6.54 Å². The molecule has 0 heterocycles. The molecule has 90 valence electrons. The van der Waals surface area contributed by atoms with Crippen molar-refractivity contribution in [1.82, 2.24) is 0 Å². The highest BCUT2D eigenvalue weighted by Gasteiger charge is 2.15. The molecule has 0 amide bonds. The third-order valence-corrected chi connectivity index (χ3v) is 2.28. The summed E-state index contributed by atoms with van der Waals surface area (Å²) in [7, 11) is 0. The third-order valence-electron chi connectivity index (χ3n) is 2.28. The molecule has 0 fully saturated rings. The standard InChI is InChI=1S/C11H13F4N/c12-9-6-8(11(14)15)5-7(10(9)13)3-1-2-4-16/h5-6,11H,1-4,16H2. The predicted molar refractivity (Wildman–Crippen MR) is 53.3 cm³/mol. The highest BCUT2D eigenvalue weighted by atomic mass is 19.3. The Morgan fingerprint density at radius 1 is 1.12 bits per heavy atom. The highest BCUT2D eigenvalue weighted by Crippen LogP contribution is 2.24. The molecular weight excluding hydrogens is 222 g/mol. The molecule has 2 N–H and O–H groups in total. The van der Waals surface area contributed by atoms with Gasteiger partial charge in [-0.1, -0.05) is 0 Å². The summed E-state index contributed by atoms with van der Waals surface area (Å²) >= 11 is 0. The molecule has 0 spiro atoms. The van der Waals surface area contributed by atoms with Crippen molar-refractivity contribution in [2.75, 3.05) is 6.54 Å². The second kappa shape index (κ2) is 5.84. The van der Waals surface area contributed by atoms with Crippen molar-refractivity contribution >= 4 is 0 Å². The second-order valence-corrected chi connectivity index (χ2v) is 3.52. The van der Waals surface area contributed by atoms with Crippen LogP contribution in [0.1, 0.15) is 30.4 Å². The number of benzene rings is 1. The maximum atomic E-state index is 13.2. The summed E-state index contributed by atoms with van der Waals surface area (Å²) in [6.07, 6.45) is -1.36. The van der Waals surface area contributed by atoms with Crippen LogP contribution in [0.5, 0.6) is 0 Å². The molecule has 0 saturated carbocycles. The molecule has 0 saturated heterocycles. The lowest BCUT2D eigenvalue weighted by atomic mass is 10.0. The maximum absolute atomic E-state index is 13.2. The van der Waals surface area contributed by atoms with E-state index in [4.69, 9.17) is 5.73 Å². The molecule has 0 aromatic heterocycles. The van der Waals surface area contributed by atoms with Gasteiger partial charge in [-0.05, 0) is 43.5 Å². The zero-order chi connectivity index (χ0) is 12.1. The summed E-state index contributed by atoms with van der Waals surface area (Å²) < 4.78 is 50.9. The van der Waals surface area contributed by atoms with Crippen LogP contribution in [-0.2, 0) is 6.42 Å². The van der Waals surface area contributed by atoms with Gasteiger partial charge >= 0.3 is 0 Å². The smallest absolute Gasteiger partial charge is 0.263 e. The Hall–Kier alpha value is -1.10. The fourth-order valence-corrected chi connectivity index (χ4v) is 1.44. The average molecular weight is 235 g/mol. The van der Waals surface area contributed by atoms with Crippen molar-refractivity contribution in [1.29, 1.82) is 0 Å². The summed E-state index contributed by atoms with van der Waals surface area (Å²) in [6.45, 7) is 0.443. The van der Waals surface area contributed by atoms with Crippen LogP contribution in [0, 0.1) is 11.6 Å². The van der Waals surface area contributed by atoms with E-state index < -0.39 is 23.6 Å². The minimum absolute atomic E-state index is 0.0104. The first kappa shape index (κ1) is 13.0. The number of halogens is 4. The molecule has 1 aromatic carbocycles. The number of hydrogen-bond acceptors (Lipinski definition) is 1. The summed E-state index contributed by atoms with van der Waals surface area (Å²) in [5, 5.41) is 0. The van der Waals surface area contributed by atoms with Crippen LogP contribution in [0.15, 0.2) is 12.1 Å². The van der Waals surface area contributed by atoms with Gasteiger partial charge in [0.05, 0.1) is 0 Å². The lowest BCUT2D eigenvalue weighted by molar-refractivity contribution is 0.150. The van der Waals surface area contributed by atoms with E-state index in [9.17, 15) is 17.6 Å². The number of hydrogen-bond donors (Lipinski definition) is 1. The molecule has 1 rings (SSSR count). The van der Waals surface area contributed by atoms with Gasteiger partial charge in [0.2, 0.25) is 0 Å². The topological polar surface area (TPSA) is 26.0 Å². The van der Waals surface area contributed by atoms with Gasteiger partial charge in [-0.3, -0.25) is 0 Å². The normalized spacial score (nSPS) is 11.1. The molecular formula is C11H13F4N. The Morgan fingerprint density at radius 2 is 1.81 bits per heavy atom. The molecule has 0 aliphatic carbocycles. The van der Waals surface area contributed by atoms with E-state index in [0.29, 0.717) is 25.5 Å². The Bertz CT molecular complexity index is 352. The van der Waals surface area contributed by atoms with Gasteiger partial charge in [0.15, 0.2) is 11.6 Å². The zero-order valence-corrected chi connectivity index (χ0v) is 8.65.